The Morgan fingerprint density at radius 3 is 2.42 bits per heavy atom. The summed E-state index contributed by atoms with van der Waals surface area (Å²) in [4.78, 5) is 23.7. The number of benzene rings is 3. The van der Waals surface area contributed by atoms with Gasteiger partial charge in [-0.15, -0.1) is 0 Å². The fraction of sp³-hybridized carbons (Fsp3) is 0.130. The van der Waals surface area contributed by atoms with Gasteiger partial charge in [0.1, 0.15) is 11.6 Å². The highest BCUT2D eigenvalue weighted by molar-refractivity contribution is 7.92. The van der Waals surface area contributed by atoms with E-state index in [0.717, 1.165) is 16.4 Å². The first-order valence-corrected chi connectivity index (χ1v) is 11.3. The van der Waals surface area contributed by atoms with Crippen LogP contribution in [0.15, 0.2) is 65.6 Å². The zero-order chi connectivity index (χ0) is 23.8. The van der Waals surface area contributed by atoms with Gasteiger partial charge in [0.2, 0.25) is 0 Å². The van der Waals surface area contributed by atoms with Gasteiger partial charge in [-0.05, 0) is 61.0 Å². The van der Waals surface area contributed by atoms with Crippen molar-refractivity contribution in [1.29, 1.82) is 0 Å². The van der Waals surface area contributed by atoms with Crippen molar-refractivity contribution in [3.63, 3.8) is 0 Å². The Balaban J connectivity index is 1.69. The van der Waals surface area contributed by atoms with Gasteiger partial charge in [-0.25, -0.2) is 17.6 Å². The summed E-state index contributed by atoms with van der Waals surface area (Å²) in [6, 6.07) is 13.3. The molecule has 3 aromatic carbocycles. The van der Waals surface area contributed by atoms with Crippen LogP contribution in [0.4, 0.5) is 15.8 Å². The number of carbonyl (C=O) groups is 2. The van der Waals surface area contributed by atoms with Crippen LogP contribution in [-0.2, 0) is 16.4 Å². The van der Waals surface area contributed by atoms with E-state index in [-0.39, 0.29) is 28.3 Å². The summed E-state index contributed by atoms with van der Waals surface area (Å²) in [7, 11) is -2.64. The first kappa shape index (κ1) is 22.3. The second-order valence-electron chi connectivity index (χ2n) is 7.30. The molecule has 1 amide bonds. The van der Waals surface area contributed by atoms with Gasteiger partial charge in [0.15, 0.2) is 0 Å². The molecule has 170 valence electrons. The van der Waals surface area contributed by atoms with E-state index in [1.165, 1.54) is 55.6 Å². The van der Waals surface area contributed by atoms with E-state index in [1.54, 1.807) is 0 Å². The molecule has 4 rings (SSSR count). The van der Waals surface area contributed by atoms with E-state index in [0.29, 0.717) is 23.4 Å². The molecule has 1 heterocycles. The molecule has 2 N–H and O–H groups in total. The maximum Gasteiger partial charge on any atom is 0.335 e. The van der Waals surface area contributed by atoms with Gasteiger partial charge in [-0.2, -0.15) is 0 Å². The SMILES string of the molecule is COc1cc(C(=O)Nc2ccc(C(=O)O)cc2)cc2c1CCN2S(=O)(=O)c1cccc(F)c1. The summed E-state index contributed by atoms with van der Waals surface area (Å²) in [6.45, 7) is 0.117. The number of carbonyl (C=O) groups excluding carboxylic acids is 1. The highest BCUT2D eigenvalue weighted by Crippen LogP contribution is 2.39. The zero-order valence-corrected chi connectivity index (χ0v) is 18.2. The van der Waals surface area contributed by atoms with Crippen molar-refractivity contribution in [2.45, 2.75) is 11.3 Å². The van der Waals surface area contributed by atoms with E-state index < -0.39 is 27.7 Å². The summed E-state index contributed by atoms with van der Waals surface area (Å²) in [6.07, 6.45) is 0.367. The number of carboxylic acids is 1. The summed E-state index contributed by atoms with van der Waals surface area (Å²) in [5.41, 5.74) is 1.50. The molecule has 1 aliphatic rings. The molecule has 0 radical (unpaired) electrons. The standard InChI is InChI=1S/C23H19FN2O6S/c1-32-21-12-15(22(27)25-17-7-5-14(6-8-17)23(28)29)11-20-19(21)9-10-26(20)33(30,31)18-4-2-3-16(24)13-18/h2-8,11-13H,9-10H2,1H3,(H,25,27)(H,28,29). The maximum absolute atomic E-state index is 13.7. The summed E-state index contributed by atoms with van der Waals surface area (Å²) in [5, 5.41) is 11.6. The first-order chi connectivity index (χ1) is 15.7. The molecule has 0 unspecified atom stereocenters. The van der Waals surface area contributed by atoms with Crippen molar-refractivity contribution in [3.05, 3.63) is 83.2 Å². The van der Waals surface area contributed by atoms with Gasteiger partial charge in [0.05, 0.1) is 23.3 Å². The van der Waals surface area contributed by atoms with Crippen molar-refractivity contribution in [3.8, 4) is 5.75 Å². The van der Waals surface area contributed by atoms with Crippen LogP contribution in [-0.4, -0.2) is 39.1 Å². The molecule has 10 heteroatoms. The molecule has 8 nitrogen and oxygen atoms in total. The molecule has 1 aliphatic heterocycles. The molecule has 0 aliphatic carbocycles. The van der Waals surface area contributed by atoms with Crippen LogP contribution in [0.5, 0.6) is 5.75 Å². The second-order valence-corrected chi connectivity index (χ2v) is 9.16. The number of halogens is 1. The number of hydrogen-bond donors (Lipinski definition) is 2. The Kier molecular flexibility index (Phi) is 5.77. The molecule has 0 spiro atoms. The number of hydrogen-bond acceptors (Lipinski definition) is 5. The molecule has 0 saturated carbocycles. The summed E-state index contributed by atoms with van der Waals surface area (Å²) in [5.74, 6) is -1.93. The number of amides is 1. The van der Waals surface area contributed by atoms with Crippen LogP contribution in [0.25, 0.3) is 0 Å². The third kappa shape index (κ3) is 4.24. The second kappa shape index (κ2) is 8.55. The quantitative estimate of drug-likeness (QED) is 0.570. The van der Waals surface area contributed by atoms with E-state index in [2.05, 4.69) is 5.32 Å². The van der Waals surface area contributed by atoms with Gasteiger partial charge in [0, 0.05) is 23.4 Å². The predicted molar refractivity (Wildman–Crippen MR) is 119 cm³/mol. The number of rotatable bonds is 6. The fourth-order valence-corrected chi connectivity index (χ4v) is 5.18. The number of ether oxygens (including phenoxy) is 1. The lowest BCUT2D eigenvalue weighted by molar-refractivity contribution is 0.0696. The van der Waals surface area contributed by atoms with Crippen molar-refractivity contribution >= 4 is 33.3 Å². The molecule has 3 aromatic rings. The van der Waals surface area contributed by atoms with Crippen LogP contribution < -0.4 is 14.4 Å². The number of sulfonamides is 1. The van der Waals surface area contributed by atoms with Crippen molar-refractivity contribution in [2.75, 3.05) is 23.3 Å². The van der Waals surface area contributed by atoms with E-state index in [9.17, 15) is 22.4 Å². The highest BCUT2D eigenvalue weighted by Gasteiger charge is 2.34. The van der Waals surface area contributed by atoms with Crippen LogP contribution in [0.2, 0.25) is 0 Å². The molecular formula is C23H19FN2O6S. The van der Waals surface area contributed by atoms with Crippen molar-refractivity contribution in [1.82, 2.24) is 0 Å². The van der Waals surface area contributed by atoms with Gasteiger partial charge in [-0.3, -0.25) is 9.10 Å². The summed E-state index contributed by atoms with van der Waals surface area (Å²) < 4.78 is 46.5. The van der Waals surface area contributed by atoms with Gasteiger partial charge in [-0.1, -0.05) is 6.07 Å². The van der Waals surface area contributed by atoms with Crippen LogP contribution in [0.3, 0.4) is 0 Å². The van der Waals surface area contributed by atoms with Crippen molar-refractivity contribution < 1.29 is 32.2 Å². The molecule has 33 heavy (non-hydrogen) atoms. The number of anilines is 2. The number of fused-ring (bicyclic) bond motifs is 1. The number of nitrogens with zero attached hydrogens (tertiary/aromatic N) is 1. The Hall–Kier alpha value is -3.92. The average Bonchev–Trinajstić information content (AvgIpc) is 3.23. The minimum Gasteiger partial charge on any atom is -0.496 e. The highest BCUT2D eigenvalue weighted by atomic mass is 32.2. The first-order valence-electron chi connectivity index (χ1n) is 9.84. The van der Waals surface area contributed by atoms with E-state index in [1.807, 2.05) is 0 Å². The predicted octanol–water partition coefficient (Wildman–Crippen LogP) is 3.54. The Morgan fingerprint density at radius 1 is 1.06 bits per heavy atom. The zero-order valence-electron chi connectivity index (χ0n) is 17.4. The lowest BCUT2D eigenvalue weighted by Crippen LogP contribution is -2.29. The van der Waals surface area contributed by atoms with Crippen LogP contribution in [0, 0.1) is 5.82 Å². The minimum atomic E-state index is -4.06. The molecule has 0 atom stereocenters. The van der Waals surface area contributed by atoms with Crippen LogP contribution >= 0.6 is 0 Å². The lowest BCUT2D eigenvalue weighted by Gasteiger charge is -2.21. The molecule has 0 bridgehead atoms. The van der Waals surface area contributed by atoms with Crippen LogP contribution in [0.1, 0.15) is 26.3 Å². The minimum absolute atomic E-state index is 0.0744. The Bertz CT molecular complexity index is 1360. The van der Waals surface area contributed by atoms with E-state index >= 15 is 0 Å². The number of methoxy groups -OCH3 is 1. The van der Waals surface area contributed by atoms with Crippen molar-refractivity contribution in [2.24, 2.45) is 0 Å². The lowest BCUT2D eigenvalue weighted by atomic mass is 10.1. The average molecular weight is 470 g/mol. The molecule has 0 saturated heterocycles. The monoisotopic (exact) mass is 470 g/mol. The fourth-order valence-electron chi connectivity index (χ4n) is 3.66. The van der Waals surface area contributed by atoms with E-state index in [4.69, 9.17) is 9.84 Å². The Labute approximate surface area is 189 Å². The van der Waals surface area contributed by atoms with Gasteiger partial charge >= 0.3 is 5.97 Å². The largest absolute Gasteiger partial charge is 0.496 e. The number of carboxylic acid groups (broad SMARTS) is 1. The number of aromatic carboxylic acids is 1. The van der Waals surface area contributed by atoms with Gasteiger partial charge in [0.25, 0.3) is 15.9 Å². The number of nitrogens with one attached hydrogen (secondary N) is 1. The normalized spacial score (nSPS) is 12.8. The molecule has 0 fully saturated rings. The third-order valence-electron chi connectivity index (χ3n) is 5.27. The smallest absolute Gasteiger partial charge is 0.335 e. The maximum atomic E-state index is 13.7. The topological polar surface area (TPSA) is 113 Å². The summed E-state index contributed by atoms with van der Waals surface area (Å²) >= 11 is 0. The Morgan fingerprint density at radius 2 is 1.79 bits per heavy atom. The molecular weight excluding hydrogens is 451 g/mol. The van der Waals surface area contributed by atoms with Gasteiger partial charge < -0.3 is 15.2 Å². The molecule has 0 aromatic heterocycles. The third-order valence-corrected chi connectivity index (χ3v) is 7.08.